The summed E-state index contributed by atoms with van der Waals surface area (Å²) in [5.41, 5.74) is 3.18. The maximum atomic E-state index is 12.2. The predicted molar refractivity (Wildman–Crippen MR) is 104 cm³/mol. The molecule has 1 aromatic carbocycles. The van der Waals surface area contributed by atoms with E-state index in [4.69, 9.17) is 5.26 Å². The summed E-state index contributed by atoms with van der Waals surface area (Å²) < 4.78 is 24.3. The first-order chi connectivity index (χ1) is 12.4. The van der Waals surface area contributed by atoms with Crippen molar-refractivity contribution in [2.45, 2.75) is 44.4 Å². The highest BCUT2D eigenvalue weighted by Gasteiger charge is 2.50. The van der Waals surface area contributed by atoms with Crippen molar-refractivity contribution < 1.29 is 13.2 Å². The summed E-state index contributed by atoms with van der Waals surface area (Å²) >= 11 is 1.35. The number of anilines is 1. The van der Waals surface area contributed by atoms with Gasteiger partial charge in [0, 0.05) is 10.9 Å². The fourth-order valence-corrected chi connectivity index (χ4v) is 7.48. The van der Waals surface area contributed by atoms with Crippen LogP contribution in [0.25, 0.3) is 0 Å². The van der Waals surface area contributed by atoms with Crippen molar-refractivity contribution >= 4 is 38.4 Å². The van der Waals surface area contributed by atoms with Gasteiger partial charge in [-0.2, -0.15) is 10.3 Å². The molecule has 2 saturated heterocycles. The Bertz CT molecular complexity index is 880. The van der Waals surface area contributed by atoms with Crippen LogP contribution in [0, 0.1) is 11.3 Å². The smallest absolute Gasteiger partial charge is 0.262 e. The normalized spacial score (nSPS) is 25.3. The molecule has 0 radical (unpaired) electrons. The molecule has 138 valence electrons. The van der Waals surface area contributed by atoms with Crippen molar-refractivity contribution in [1.29, 1.82) is 5.26 Å². The van der Waals surface area contributed by atoms with Gasteiger partial charge >= 0.3 is 0 Å². The molecular weight excluding hydrogens is 370 g/mol. The van der Waals surface area contributed by atoms with Gasteiger partial charge in [0.25, 0.3) is 5.91 Å². The quantitative estimate of drug-likeness (QED) is 0.782. The van der Waals surface area contributed by atoms with Gasteiger partial charge in [0.05, 0.1) is 23.6 Å². The minimum Gasteiger partial charge on any atom is -0.315 e. The number of nitriles is 1. The van der Waals surface area contributed by atoms with Gasteiger partial charge in [-0.1, -0.05) is 43.8 Å². The lowest BCUT2D eigenvalue weighted by Gasteiger charge is -2.29. The van der Waals surface area contributed by atoms with Crippen LogP contribution in [0.3, 0.4) is 0 Å². The molecule has 1 aromatic rings. The average Bonchev–Trinajstić information content (AvgIpc) is 3.05. The van der Waals surface area contributed by atoms with Crippen LogP contribution in [0.5, 0.6) is 0 Å². The SMILES string of the molecule is CCc1cccc(CC)c1N1C(=NC(=O)CC#N)S[C@H]2CS(=O)(=O)C[C@@H]21. The fourth-order valence-electron chi connectivity index (χ4n) is 3.56. The number of hydrogen-bond acceptors (Lipinski definition) is 5. The second kappa shape index (κ2) is 7.41. The summed E-state index contributed by atoms with van der Waals surface area (Å²) in [5, 5.41) is 9.13. The Hall–Kier alpha value is -1.85. The predicted octanol–water partition coefficient (Wildman–Crippen LogP) is 2.33. The first-order valence-electron chi connectivity index (χ1n) is 8.65. The van der Waals surface area contributed by atoms with Gasteiger partial charge in [-0.25, -0.2) is 8.42 Å². The molecule has 2 heterocycles. The summed E-state index contributed by atoms with van der Waals surface area (Å²) in [7, 11) is -3.10. The maximum absolute atomic E-state index is 12.2. The second-order valence-corrected chi connectivity index (χ2v) is 9.79. The standard InChI is InChI=1S/C18H21N3O3S2/c1-3-12-6-5-7-13(4-2)17(12)21-14-10-26(23,24)11-15(14)25-18(21)20-16(22)8-9-19/h5-7,14-15H,3-4,8,10-11H2,1-2H3/t14-,15-/m0/s1. The molecule has 2 aliphatic heterocycles. The summed E-state index contributed by atoms with van der Waals surface area (Å²) in [6, 6.07) is 7.67. The molecule has 6 nitrogen and oxygen atoms in total. The molecule has 0 spiro atoms. The summed E-state index contributed by atoms with van der Waals surface area (Å²) in [6.45, 7) is 4.12. The Kier molecular flexibility index (Phi) is 5.39. The number of carbonyl (C=O) groups excluding carboxylic acids is 1. The lowest BCUT2D eigenvalue weighted by atomic mass is 10.0. The molecule has 0 bridgehead atoms. The number of rotatable bonds is 4. The number of thioether (sulfide) groups is 1. The van der Waals surface area contributed by atoms with Gasteiger partial charge in [-0.05, 0) is 24.0 Å². The highest BCUT2D eigenvalue weighted by Crippen LogP contribution is 2.43. The largest absolute Gasteiger partial charge is 0.315 e. The number of amidine groups is 1. The number of benzene rings is 1. The molecule has 26 heavy (non-hydrogen) atoms. The molecule has 0 aromatic heterocycles. The lowest BCUT2D eigenvalue weighted by molar-refractivity contribution is -0.116. The molecule has 1 amide bonds. The minimum absolute atomic E-state index is 0.0668. The van der Waals surface area contributed by atoms with Gasteiger partial charge in [-0.15, -0.1) is 0 Å². The van der Waals surface area contributed by atoms with Crippen molar-refractivity contribution in [3.05, 3.63) is 29.3 Å². The Balaban J connectivity index is 2.13. The van der Waals surface area contributed by atoms with E-state index in [1.165, 1.54) is 11.8 Å². The number of aryl methyl sites for hydroxylation is 2. The van der Waals surface area contributed by atoms with Crippen LogP contribution in [-0.4, -0.2) is 42.3 Å². The van der Waals surface area contributed by atoms with Crippen molar-refractivity contribution in [3.8, 4) is 6.07 Å². The summed E-state index contributed by atoms with van der Waals surface area (Å²) in [4.78, 5) is 18.1. The molecule has 8 heteroatoms. The van der Waals surface area contributed by atoms with E-state index in [0.29, 0.717) is 5.17 Å². The fraction of sp³-hybridized carbons (Fsp3) is 0.500. The highest BCUT2D eigenvalue weighted by atomic mass is 32.2. The van der Waals surface area contributed by atoms with E-state index in [1.54, 1.807) is 0 Å². The molecule has 3 rings (SSSR count). The zero-order chi connectivity index (χ0) is 18.9. The van der Waals surface area contributed by atoms with Crippen LogP contribution in [0.2, 0.25) is 0 Å². The highest BCUT2D eigenvalue weighted by molar-refractivity contribution is 8.16. The zero-order valence-electron chi connectivity index (χ0n) is 14.8. The lowest BCUT2D eigenvalue weighted by Crippen LogP contribution is -2.39. The molecule has 0 saturated carbocycles. The van der Waals surface area contributed by atoms with E-state index in [9.17, 15) is 13.2 Å². The molecule has 2 fully saturated rings. The van der Waals surface area contributed by atoms with Crippen LogP contribution in [0.15, 0.2) is 23.2 Å². The molecule has 0 aliphatic carbocycles. The van der Waals surface area contributed by atoms with Crippen molar-refractivity contribution in [3.63, 3.8) is 0 Å². The topological polar surface area (TPSA) is 90.6 Å². The van der Waals surface area contributed by atoms with E-state index < -0.39 is 15.7 Å². The third-order valence-electron chi connectivity index (χ3n) is 4.72. The maximum Gasteiger partial charge on any atom is 0.262 e. The van der Waals surface area contributed by atoms with Crippen LogP contribution in [-0.2, 0) is 27.5 Å². The van der Waals surface area contributed by atoms with Gasteiger partial charge in [0.1, 0.15) is 6.42 Å². The average molecular weight is 392 g/mol. The molecule has 0 N–H and O–H groups in total. The number of nitrogens with zero attached hydrogens (tertiary/aromatic N) is 3. The van der Waals surface area contributed by atoms with E-state index >= 15 is 0 Å². The number of aliphatic imine (C=N–C) groups is 1. The molecular formula is C18H21N3O3S2. The Labute approximate surface area is 158 Å². The first-order valence-corrected chi connectivity index (χ1v) is 11.4. The first kappa shape index (κ1) is 18.9. The summed E-state index contributed by atoms with van der Waals surface area (Å²) in [5.74, 6) is -0.327. The number of para-hydroxylation sites is 1. The molecule has 2 aliphatic rings. The van der Waals surface area contributed by atoms with E-state index in [2.05, 4.69) is 18.8 Å². The van der Waals surface area contributed by atoms with E-state index in [1.807, 2.05) is 29.2 Å². The van der Waals surface area contributed by atoms with Crippen molar-refractivity contribution in [1.82, 2.24) is 0 Å². The van der Waals surface area contributed by atoms with Crippen molar-refractivity contribution in [2.75, 3.05) is 16.4 Å². The van der Waals surface area contributed by atoms with Gasteiger partial charge < -0.3 is 4.90 Å². The van der Waals surface area contributed by atoms with E-state index in [-0.39, 0.29) is 29.2 Å². The monoisotopic (exact) mass is 391 g/mol. The zero-order valence-corrected chi connectivity index (χ0v) is 16.4. The Morgan fingerprint density at radius 1 is 1.31 bits per heavy atom. The van der Waals surface area contributed by atoms with Crippen LogP contribution >= 0.6 is 11.8 Å². The third kappa shape index (κ3) is 3.51. The number of hydrogen-bond donors (Lipinski definition) is 0. The molecule has 0 unspecified atom stereocenters. The van der Waals surface area contributed by atoms with Crippen molar-refractivity contribution in [2.24, 2.45) is 4.99 Å². The molecule has 2 atom stereocenters. The Morgan fingerprint density at radius 2 is 1.96 bits per heavy atom. The van der Waals surface area contributed by atoms with Gasteiger partial charge in [-0.3, -0.25) is 4.79 Å². The van der Waals surface area contributed by atoms with E-state index in [0.717, 1.165) is 29.7 Å². The minimum atomic E-state index is -3.10. The number of fused-ring (bicyclic) bond motifs is 1. The van der Waals surface area contributed by atoms with Crippen LogP contribution < -0.4 is 4.90 Å². The van der Waals surface area contributed by atoms with Crippen LogP contribution in [0.1, 0.15) is 31.4 Å². The number of amides is 1. The second-order valence-electron chi connectivity index (χ2n) is 6.43. The van der Waals surface area contributed by atoms with Crippen LogP contribution in [0.4, 0.5) is 5.69 Å². The van der Waals surface area contributed by atoms with Gasteiger partial charge in [0.15, 0.2) is 15.0 Å². The third-order valence-corrected chi connectivity index (χ3v) is 7.93. The number of carbonyl (C=O) groups is 1. The Morgan fingerprint density at radius 3 is 2.54 bits per heavy atom. The summed E-state index contributed by atoms with van der Waals surface area (Å²) in [6.07, 6.45) is 1.32. The number of sulfone groups is 1. The van der Waals surface area contributed by atoms with Gasteiger partial charge in [0.2, 0.25) is 0 Å².